The molecule has 0 spiro atoms. The highest BCUT2D eigenvalue weighted by Gasteiger charge is 2.03. The van der Waals surface area contributed by atoms with Gasteiger partial charge in [0.15, 0.2) is 0 Å². The van der Waals surface area contributed by atoms with Crippen molar-refractivity contribution in [3.05, 3.63) is 5.08 Å². The molecule has 2 N–H and O–H groups in total. The standard InChI is InChI=1S/C3H7N3O3S/c4-6-5-2-1-3-10(7,8)9/h5H,1-3H2/p+1. The minimum atomic E-state index is -3.87. The lowest BCUT2D eigenvalue weighted by Crippen LogP contribution is -2.11. The Labute approximate surface area is 58.6 Å². The molecular weight excluding hydrogens is 158 g/mol. The van der Waals surface area contributed by atoms with Gasteiger partial charge in [0.25, 0.3) is 15.5 Å². The van der Waals surface area contributed by atoms with E-state index in [0.717, 1.165) is 0 Å². The van der Waals surface area contributed by atoms with Crippen LogP contribution in [0.15, 0.2) is 0 Å². The number of nitrogens with one attached hydrogen (secondary N) is 1. The molecule has 0 rings (SSSR count). The molecule has 0 saturated heterocycles. The second-order valence-electron chi connectivity index (χ2n) is 1.65. The Kier molecular flexibility index (Phi) is 3.68. The third-order valence-electron chi connectivity index (χ3n) is 0.762. The van der Waals surface area contributed by atoms with Crippen LogP contribution < -0.4 is 5.43 Å². The van der Waals surface area contributed by atoms with E-state index in [0.29, 0.717) is 0 Å². The zero-order valence-electron chi connectivity index (χ0n) is 5.19. The summed E-state index contributed by atoms with van der Waals surface area (Å²) in [5, 5.41) is 10.3. The number of rotatable bonds is 4. The first-order chi connectivity index (χ1) is 4.56. The van der Waals surface area contributed by atoms with Gasteiger partial charge in [0.05, 0.1) is 12.3 Å². The van der Waals surface area contributed by atoms with Crippen LogP contribution in [0.5, 0.6) is 0 Å². The van der Waals surface area contributed by atoms with Gasteiger partial charge >= 0.3 is 5.08 Å². The van der Waals surface area contributed by atoms with Gasteiger partial charge in [-0.1, -0.05) is 0 Å². The van der Waals surface area contributed by atoms with Crippen LogP contribution in [0, 0.1) is 5.39 Å². The molecule has 0 saturated carbocycles. The Morgan fingerprint density at radius 2 is 2.20 bits per heavy atom. The van der Waals surface area contributed by atoms with Gasteiger partial charge in [-0.3, -0.25) is 4.55 Å². The number of hydrogen-bond acceptors (Lipinski definition) is 4. The quantitative estimate of drug-likeness (QED) is 0.257. The van der Waals surface area contributed by atoms with Gasteiger partial charge in [-0.15, -0.1) is 0 Å². The number of hydrogen-bond donors (Lipinski definition) is 2. The van der Waals surface area contributed by atoms with Crippen molar-refractivity contribution >= 4 is 10.1 Å². The van der Waals surface area contributed by atoms with E-state index >= 15 is 0 Å². The fraction of sp³-hybridized carbons (Fsp3) is 1.00. The SMILES string of the molecule is N#[N+]NCCCS(=O)(=O)O. The summed E-state index contributed by atoms with van der Waals surface area (Å²) >= 11 is 0. The van der Waals surface area contributed by atoms with E-state index in [1.165, 1.54) is 0 Å². The lowest BCUT2D eigenvalue weighted by Gasteiger charge is -1.89. The van der Waals surface area contributed by atoms with Gasteiger partial charge < -0.3 is 0 Å². The minimum Gasteiger partial charge on any atom is -0.286 e. The minimum absolute atomic E-state index is 0.211. The maximum Gasteiger partial charge on any atom is 0.302 e. The number of diazo groups is 1. The van der Waals surface area contributed by atoms with Gasteiger partial charge in [0, 0.05) is 0 Å². The third-order valence-corrected chi connectivity index (χ3v) is 1.57. The summed E-state index contributed by atoms with van der Waals surface area (Å²) in [6.07, 6.45) is 0.211. The van der Waals surface area contributed by atoms with Crippen molar-refractivity contribution in [3.8, 4) is 0 Å². The van der Waals surface area contributed by atoms with Crippen LogP contribution >= 0.6 is 0 Å². The van der Waals surface area contributed by atoms with E-state index in [2.05, 4.69) is 10.5 Å². The van der Waals surface area contributed by atoms with Gasteiger partial charge in [-0.2, -0.15) is 8.42 Å². The van der Waals surface area contributed by atoms with Crippen LogP contribution in [0.4, 0.5) is 0 Å². The van der Waals surface area contributed by atoms with Crippen molar-refractivity contribution in [2.45, 2.75) is 6.42 Å². The summed E-state index contributed by atoms with van der Waals surface area (Å²) < 4.78 is 28.2. The molecule has 0 aromatic rings. The van der Waals surface area contributed by atoms with Gasteiger partial charge in [0.1, 0.15) is 0 Å². The Morgan fingerprint density at radius 3 is 2.60 bits per heavy atom. The van der Waals surface area contributed by atoms with E-state index in [4.69, 9.17) is 9.95 Å². The van der Waals surface area contributed by atoms with Crippen molar-refractivity contribution in [3.63, 3.8) is 0 Å². The average Bonchev–Trinajstić information content (AvgIpc) is 1.78. The zero-order chi connectivity index (χ0) is 8.04. The maximum atomic E-state index is 10.0. The van der Waals surface area contributed by atoms with Crippen LogP contribution in [0.25, 0.3) is 5.08 Å². The molecule has 58 valence electrons. The monoisotopic (exact) mass is 166 g/mol. The molecule has 0 heterocycles. The van der Waals surface area contributed by atoms with Crippen molar-refractivity contribution < 1.29 is 13.0 Å². The average molecular weight is 166 g/mol. The second-order valence-corrected chi connectivity index (χ2v) is 3.22. The van der Waals surface area contributed by atoms with Crippen molar-refractivity contribution in [1.82, 2.24) is 5.43 Å². The summed E-state index contributed by atoms with van der Waals surface area (Å²) in [6.45, 7) is 0.219. The third kappa shape index (κ3) is 7.13. The lowest BCUT2D eigenvalue weighted by atomic mass is 10.5. The molecule has 0 aliphatic carbocycles. The summed E-state index contributed by atoms with van der Waals surface area (Å²) in [5.41, 5.74) is 2.13. The molecule has 0 aromatic carbocycles. The fourth-order valence-electron chi connectivity index (χ4n) is 0.384. The molecule has 0 aliphatic rings. The van der Waals surface area contributed by atoms with Crippen LogP contribution in [-0.2, 0) is 10.1 Å². The van der Waals surface area contributed by atoms with E-state index in [-0.39, 0.29) is 18.7 Å². The summed E-state index contributed by atoms with van der Waals surface area (Å²) in [7, 11) is -3.87. The van der Waals surface area contributed by atoms with Crippen molar-refractivity contribution in [2.24, 2.45) is 0 Å². The first-order valence-electron chi connectivity index (χ1n) is 2.58. The summed E-state index contributed by atoms with van der Waals surface area (Å²) in [5.74, 6) is -0.324. The molecule has 0 radical (unpaired) electrons. The number of nitrogens with zero attached hydrogens (tertiary/aromatic N) is 2. The zero-order valence-corrected chi connectivity index (χ0v) is 6.00. The van der Waals surface area contributed by atoms with E-state index < -0.39 is 10.1 Å². The smallest absolute Gasteiger partial charge is 0.286 e. The molecule has 0 atom stereocenters. The maximum absolute atomic E-state index is 10.0. The molecule has 7 heteroatoms. The summed E-state index contributed by atoms with van der Waals surface area (Å²) in [4.78, 5) is 0. The highest BCUT2D eigenvalue weighted by atomic mass is 32.2. The highest BCUT2D eigenvalue weighted by molar-refractivity contribution is 7.85. The Hall–Kier alpha value is -0.870. The Bertz CT molecular complexity index is 216. The predicted molar refractivity (Wildman–Crippen MR) is 34.1 cm³/mol. The molecule has 0 unspecified atom stereocenters. The van der Waals surface area contributed by atoms with Crippen LogP contribution in [-0.4, -0.2) is 25.3 Å². The van der Waals surface area contributed by atoms with Crippen molar-refractivity contribution in [2.75, 3.05) is 12.3 Å². The molecule has 0 fully saturated rings. The summed E-state index contributed by atoms with van der Waals surface area (Å²) in [6, 6.07) is 0. The second kappa shape index (κ2) is 4.03. The van der Waals surface area contributed by atoms with E-state index in [1.54, 1.807) is 0 Å². The predicted octanol–water partition coefficient (Wildman–Crippen LogP) is -0.378. The largest absolute Gasteiger partial charge is 0.302 e. The molecule has 0 bridgehead atoms. The first kappa shape index (κ1) is 9.13. The lowest BCUT2D eigenvalue weighted by molar-refractivity contribution is 0.480. The fourth-order valence-corrected chi connectivity index (χ4v) is 0.893. The first-order valence-corrected chi connectivity index (χ1v) is 4.19. The van der Waals surface area contributed by atoms with Gasteiger partial charge in [-0.25, -0.2) is 0 Å². The Morgan fingerprint density at radius 1 is 1.60 bits per heavy atom. The molecule has 0 amide bonds. The van der Waals surface area contributed by atoms with E-state index in [1.807, 2.05) is 0 Å². The van der Waals surface area contributed by atoms with Crippen LogP contribution in [0.2, 0.25) is 0 Å². The molecule has 6 nitrogen and oxygen atoms in total. The molecule has 0 aliphatic heterocycles. The van der Waals surface area contributed by atoms with Crippen LogP contribution in [0.1, 0.15) is 6.42 Å². The molecule has 0 aromatic heterocycles. The van der Waals surface area contributed by atoms with E-state index in [9.17, 15) is 8.42 Å². The molecule has 10 heavy (non-hydrogen) atoms. The highest BCUT2D eigenvalue weighted by Crippen LogP contribution is 1.85. The van der Waals surface area contributed by atoms with Gasteiger partial charge in [-0.05, 0) is 11.8 Å². The topological polar surface area (TPSA) is 94.5 Å². The van der Waals surface area contributed by atoms with Gasteiger partial charge in [0.2, 0.25) is 0 Å². The van der Waals surface area contributed by atoms with Crippen molar-refractivity contribution in [1.29, 1.82) is 5.39 Å². The Balaban J connectivity index is 3.32. The molecular formula is C3H8N3O3S+. The van der Waals surface area contributed by atoms with Crippen LogP contribution in [0.3, 0.4) is 0 Å². The normalized spacial score (nSPS) is 10.4.